The summed E-state index contributed by atoms with van der Waals surface area (Å²) in [5.41, 5.74) is 8.40. The zero-order chi connectivity index (χ0) is 31.3. The number of halogens is 1. The lowest BCUT2D eigenvalue weighted by Gasteiger charge is -2.64. The summed E-state index contributed by atoms with van der Waals surface area (Å²) in [5, 5.41) is 3.29. The average Bonchev–Trinajstić information content (AvgIpc) is 3.78. The Morgan fingerprint density at radius 3 is 2.67 bits per heavy atom. The fraction of sp³-hybridized carbons (Fsp3) is 0.600. The van der Waals surface area contributed by atoms with E-state index in [1.54, 1.807) is 4.90 Å². The van der Waals surface area contributed by atoms with E-state index in [-0.39, 0.29) is 54.1 Å². The largest absolute Gasteiger partial charge is 0.481 e. The molecule has 248 valence electrons. The first-order chi connectivity index (χ1) is 21.7. The van der Waals surface area contributed by atoms with E-state index in [1.165, 1.54) is 6.42 Å². The molecule has 0 aromatic heterocycles. The Hall–Kier alpha value is -2.79. The second-order valence-corrected chi connectivity index (χ2v) is 14.5. The number of hydrogen-bond donors (Lipinski definition) is 2. The fourth-order valence-corrected chi connectivity index (χ4v) is 8.68. The number of likely N-dealkylation sites (tertiary alicyclic amines) is 1. The van der Waals surface area contributed by atoms with Crippen LogP contribution < -0.4 is 20.5 Å². The smallest absolute Gasteiger partial charge is 0.454 e. The molecule has 9 nitrogen and oxygen atoms in total. The van der Waals surface area contributed by atoms with Crippen LogP contribution in [0.1, 0.15) is 87.2 Å². The van der Waals surface area contributed by atoms with Crippen LogP contribution in [0.25, 0.3) is 0 Å². The van der Waals surface area contributed by atoms with E-state index in [9.17, 15) is 9.59 Å². The molecular weight excluding hydrogens is 605 g/mol. The van der Waals surface area contributed by atoms with Crippen molar-refractivity contribution in [2.24, 2.45) is 23.0 Å². The molecule has 3 heterocycles. The predicted octanol–water partition coefficient (Wildman–Crippen LogP) is 4.91. The Morgan fingerprint density at radius 2 is 1.87 bits per heavy atom. The van der Waals surface area contributed by atoms with Gasteiger partial charge < -0.3 is 34.7 Å². The highest BCUT2D eigenvalue weighted by Gasteiger charge is 2.68. The van der Waals surface area contributed by atoms with E-state index >= 15 is 0 Å². The van der Waals surface area contributed by atoms with E-state index in [4.69, 9.17) is 24.5 Å². The number of carbonyl (C=O) groups is 2. The van der Waals surface area contributed by atoms with Crippen molar-refractivity contribution in [3.05, 3.63) is 59.2 Å². The maximum Gasteiger partial charge on any atom is 0.481 e. The van der Waals surface area contributed by atoms with Crippen LogP contribution in [0.3, 0.4) is 0 Å². The van der Waals surface area contributed by atoms with Gasteiger partial charge in [-0.3, -0.25) is 9.59 Å². The Bertz CT molecular complexity index is 1460. The third kappa shape index (κ3) is 5.91. The number of unbranched alkanes of at least 4 members (excludes halogenated alkanes) is 1. The van der Waals surface area contributed by atoms with Crippen LogP contribution in [-0.4, -0.2) is 67.4 Å². The minimum Gasteiger partial charge on any atom is -0.454 e. The highest BCUT2D eigenvalue weighted by atomic mass is 35.5. The molecule has 2 aromatic carbocycles. The maximum absolute atomic E-state index is 13.9. The summed E-state index contributed by atoms with van der Waals surface area (Å²) in [6, 6.07) is 13.1. The first-order valence-corrected chi connectivity index (χ1v) is 16.8. The van der Waals surface area contributed by atoms with Gasteiger partial charge in [0, 0.05) is 12.1 Å². The summed E-state index contributed by atoms with van der Waals surface area (Å²) < 4.78 is 24.3. The van der Waals surface area contributed by atoms with Crippen LogP contribution >= 0.6 is 12.4 Å². The summed E-state index contributed by atoms with van der Waals surface area (Å²) in [6.07, 6.45) is 6.75. The number of hydrogen-bond acceptors (Lipinski definition) is 7. The number of nitrogens with one attached hydrogen (secondary N) is 1. The number of amides is 2. The average molecular weight is 652 g/mol. The lowest BCUT2D eigenvalue weighted by atomic mass is 9.43. The van der Waals surface area contributed by atoms with Crippen molar-refractivity contribution in [1.29, 1.82) is 0 Å². The Labute approximate surface area is 278 Å². The number of carbonyl (C=O) groups excluding carboxylic acids is 2. The lowest BCUT2D eigenvalue weighted by Crippen LogP contribution is -2.65. The molecule has 2 aromatic rings. The summed E-state index contributed by atoms with van der Waals surface area (Å²) in [5.74, 6) is 2.05. The van der Waals surface area contributed by atoms with Gasteiger partial charge in [0.2, 0.25) is 12.7 Å². The Morgan fingerprint density at radius 1 is 1.07 bits per heavy atom. The van der Waals surface area contributed by atoms with Gasteiger partial charge in [0.15, 0.2) is 11.5 Å². The normalized spacial score (nSPS) is 29.0. The van der Waals surface area contributed by atoms with Gasteiger partial charge in [-0.05, 0) is 111 Å². The molecule has 5 fully saturated rings. The van der Waals surface area contributed by atoms with Gasteiger partial charge >= 0.3 is 7.12 Å². The van der Waals surface area contributed by atoms with E-state index < -0.39 is 13.2 Å². The topological polar surface area (TPSA) is 112 Å². The van der Waals surface area contributed by atoms with Gasteiger partial charge in [0.1, 0.15) is 6.04 Å². The molecule has 0 spiro atoms. The molecule has 3 N–H and O–H groups in total. The number of benzene rings is 2. The van der Waals surface area contributed by atoms with Gasteiger partial charge in [-0.2, -0.15) is 0 Å². The van der Waals surface area contributed by atoms with E-state index in [0.29, 0.717) is 43.3 Å². The van der Waals surface area contributed by atoms with Crippen molar-refractivity contribution in [3.63, 3.8) is 0 Å². The molecule has 11 heteroatoms. The van der Waals surface area contributed by atoms with Gasteiger partial charge in [0.25, 0.3) is 5.91 Å². The quantitative estimate of drug-likeness (QED) is 0.277. The molecule has 3 saturated carbocycles. The summed E-state index contributed by atoms with van der Waals surface area (Å²) in [6.45, 7) is 8.30. The predicted molar refractivity (Wildman–Crippen MR) is 178 cm³/mol. The first kappa shape index (κ1) is 33.1. The first-order valence-electron chi connectivity index (χ1n) is 16.8. The van der Waals surface area contributed by atoms with E-state index in [0.717, 1.165) is 54.7 Å². The monoisotopic (exact) mass is 651 g/mol. The van der Waals surface area contributed by atoms with Crippen LogP contribution in [0.4, 0.5) is 0 Å². The highest BCUT2D eigenvalue weighted by molar-refractivity contribution is 6.48. The SMILES string of the molecule is CC1(C)[C@@H]2C[C@H]3OB([C@H](CCCCN)NC(=O)[C@@H]4CCCN4C(=O)c4cccc(Cc5ccc6c(c5)OCO6)c4)O[C@@]3(C)[C@H]1C2.Cl. The second-order valence-electron chi connectivity index (χ2n) is 14.5. The zero-order valence-electron chi connectivity index (χ0n) is 27.2. The van der Waals surface area contributed by atoms with Gasteiger partial charge in [-0.25, -0.2) is 0 Å². The summed E-state index contributed by atoms with van der Waals surface area (Å²) in [4.78, 5) is 29.5. The molecule has 3 aliphatic heterocycles. The van der Waals surface area contributed by atoms with Gasteiger partial charge in [-0.15, -0.1) is 12.4 Å². The van der Waals surface area contributed by atoms with Crippen molar-refractivity contribution >= 4 is 31.3 Å². The number of ether oxygens (including phenoxy) is 2. The standard InChI is InChI=1S/C35H46BN3O6.ClH/c1-34(2)25-19-29(34)35(3)30(20-25)44-36(45-35)31(11-4-5-14-37)38-32(40)26-10-7-15-39(26)33(41)24-9-6-8-22(17-24)16-23-12-13-27-28(18-23)43-21-42-27;/h6,8-9,12-13,17-18,25-26,29-31H,4-5,7,10-11,14-16,19-21,37H2,1-3H3,(H,38,40);1H/t25-,26-,29-,30+,31-,35-;/m0./s1. The highest BCUT2D eigenvalue weighted by Crippen LogP contribution is 2.65. The fourth-order valence-electron chi connectivity index (χ4n) is 8.68. The molecule has 46 heavy (non-hydrogen) atoms. The third-order valence-electron chi connectivity index (χ3n) is 11.4. The second kappa shape index (κ2) is 13.0. The van der Waals surface area contributed by atoms with Crippen molar-refractivity contribution < 1.29 is 28.4 Å². The molecule has 0 unspecified atom stereocenters. The van der Waals surface area contributed by atoms with E-state index in [1.807, 2.05) is 42.5 Å². The van der Waals surface area contributed by atoms with Crippen molar-refractivity contribution in [2.75, 3.05) is 19.9 Å². The van der Waals surface area contributed by atoms with Crippen molar-refractivity contribution in [1.82, 2.24) is 10.2 Å². The van der Waals surface area contributed by atoms with Gasteiger partial charge in [-0.1, -0.05) is 38.5 Å². The minimum atomic E-state index is -0.530. The number of nitrogens with two attached hydrogens (primary N) is 1. The number of fused-ring (bicyclic) bond motifs is 1. The molecule has 0 radical (unpaired) electrons. The molecule has 3 aliphatic carbocycles. The summed E-state index contributed by atoms with van der Waals surface area (Å²) in [7, 11) is -0.504. The zero-order valence-corrected chi connectivity index (χ0v) is 28.0. The van der Waals surface area contributed by atoms with Gasteiger partial charge in [0.05, 0.1) is 17.6 Å². The third-order valence-corrected chi connectivity index (χ3v) is 11.4. The summed E-state index contributed by atoms with van der Waals surface area (Å²) >= 11 is 0. The maximum atomic E-state index is 13.9. The van der Waals surface area contributed by atoms with Crippen molar-refractivity contribution in [2.45, 2.75) is 95.8 Å². The molecule has 2 bridgehead atoms. The van der Waals surface area contributed by atoms with Crippen LogP contribution in [0.2, 0.25) is 0 Å². The number of nitrogens with zero attached hydrogens (tertiary/aromatic N) is 1. The molecule has 2 amide bonds. The molecule has 8 rings (SSSR count). The van der Waals surface area contributed by atoms with Crippen LogP contribution in [0, 0.1) is 17.3 Å². The van der Waals surface area contributed by atoms with Crippen LogP contribution in [-0.2, 0) is 20.5 Å². The Kier molecular flexibility index (Phi) is 9.38. The molecular formula is C35H47BClN3O6. The van der Waals surface area contributed by atoms with E-state index in [2.05, 4.69) is 26.1 Å². The minimum absolute atomic E-state index is 0. The Balaban J connectivity index is 0.00000372. The van der Waals surface area contributed by atoms with Crippen LogP contribution in [0.15, 0.2) is 42.5 Å². The molecule has 2 saturated heterocycles. The van der Waals surface area contributed by atoms with Crippen LogP contribution in [0.5, 0.6) is 11.5 Å². The lowest BCUT2D eigenvalue weighted by molar-refractivity contribution is -0.199. The van der Waals surface area contributed by atoms with Crippen molar-refractivity contribution in [3.8, 4) is 11.5 Å². The molecule has 6 aliphatic rings. The molecule has 6 atom stereocenters. The number of rotatable bonds is 10.